The summed E-state index contributed by atoms with van der Waals surface area (Å²) in [5.74, 6) is 0.813. The molecular formula is C14H19N3S. The lowest BCUT2D eigenvalue weighted by Crippen LogP contribution is -2.35. The van der Waals surface area contributed by atoms with Crippen molar-refractivity contribution in [3.63, 3.8) is 0 Å². The molecule has 3 nitrogen and oxygen atoms in total. The van der Waals surface area contributed by atoms with Gasteiger partial charge in [-0.3, -0.25) is 0 Å². The van der Waals surface area contributed by atoms with Crippen LogP contribution in [-0.2, 0) is 6.54 Å². The van der Waals surface area contributed by atoms with Crippen molar-refractivity contribution in [3.05, 3.63) is 34.3 Å². The van der Waals surface area contributed by atoms with Crippen molar-refractivity contribution in [1.82, 2.24) is 15.3 Å². The molecule has 0 aliphatic rings. The average Bonchev–Trinajstić information content (AvgIpc) is 2.73. The SMILES string of the molecule is Cc1cscc1-c1ncc(CNC(C)(C)C)cn1. The molecular weight excluding hydrogens is 242 g/mol. The highest BCUT2D eigenvalue weighted by Gasteiger charge is 2.09. The molecule has 0 unspecified atom stereocenters. The quantitative estimate of drug-likeness (QED) is 0.920. The maximum absolute atomic E-state index is 4.44. The van der Waals surface area contributed by atoms with Crippen LogP contribution in [-0.4, -0.2) is 15.5 Å². The topological polar surface area (TPSA) is 37.8 Å². The predicted molar refractivity (Wildman–Crippen MR) is 76.7 cm³/mol. The molecule has 0 spiro atoms. The highest BCUT2D eigenvalue weighted by Crippen LogP contribution is 2.23. The van der Waals surface area contributed by atoms with Crippen LogP contribution in [0.2, 0.25) is 0 Å². The molecule has 0 fully saturated rings. The molecule has 0 aliphatic carbocycles. The minimum atomic E-state index is 0.114. The first-order valence-electron chi connectivity index (χ1n) is 6.05. The molecule has 2 aromatic heterocycles. The monoisotopic (exact) mass is 261 g/mol. The molecule has 0 saturated heterocycles. The molecule has 0 bridgehead atoms. The van der Waals surface area contributed by atoms with Gasteiger partial charge in [-0.15, -0.1) is 0 Å². The second-order valence-corrected chi connectivity index (χ2v) is 6.23. The largest absolute Gasteiger partial charge is 0.308 e. The van der Waals surface area contributed by atoms with Gasteiger partial charge >= 0.3 is 0 Å². The van der Waals surface area contributed by atoms with Crippen molar-refractivity contribution in [3.8, 4) is 11.4 Å². The first-order valence-corrected chi connectivity index (χ1v) is 6.99. The van der Waals surface area contributed by atoms with E-state index in [1.165, 1.54) is 5.56 Å². The lowest BCUT2D eigenvalue weighted by molar-refractivity contribution is 0.423. The van der Waals surface area contributed by atoms with Crippen molar-refractivity contribution >= 4 is 11.3 Å². The Morgan fingerprint density at radius 3 is 2.33 bits per heavy atom. The van der Waals surface area contributed by atoms with Crippen molar-refractivity contribution in [2.75, 3.05) is 0 Å². The third-order valence-electron chi connectivity index (χ3n) is 2.62. The number of rotatable bonds is 3. The van der Waals surface area contributed by atoms with Gasteiger partial charge in [0.15, 0.2) is 5.82 Å². The Balaban J connectivity index is 2.09. The van der Waals surface area contributed by atoms with Crippen molar-refractivity contribution in [2.45, 2.75) is 39.8 Å². The van der Waals surface area contributed by atoms with Crippen molar-refractivity contribution < 1.29 is 0 Å². The third-order valence-corrected chi connectivity index (χ3v) is 3.49. The second-order valence-electron chi connectivity index (χ2n) is 5.49. The zero-order valence-electron chi connectivity index (χ0n) is 11.3. The number of aromatic nitrogens is 2. The molecule has 4 heteroatoms. The molecule has 2 aromatic rings. The summed E-state index contributed by atoms with van der Waals surface area (Å²) in [4.78, 5) is 8.88. The Hall–Kier alpha value is -1.26. The normalized spacial score (nSPS) is 11.8. The van der Waals surface area contributed by atoms with Gasteiger partial charge in [0.2, 0.25) is 0 Å². The van der Waals surface area contributed by atoms with E-state index >= 15 is 0 Å². The van der Waals surface area contributed by atoms with Crippen LogP contribution in [0, 0.1) is 6.92 Å². The van der Waals surface area contributed by atoms with Gasteiger partial charge in [-0.2, -0.15) is 11.3 Å². The lowest BCUT2D eigenvalue weighted by Gasteiger charge is -2.20. The van der Waals surface area contributed by atoms with E-state index in [1.807, 2.05) is 12.4 Å². The third kappa shape index (κ3) is 3.37. The van der Waals surface area contributed by atoms with E-state index in [2.05, 4.69) is 53.7 Å². The van der Waals surface area contributed by atoms with E-state index in [0.29, 0.717) is 0 Å². The first kappa shape index (κ1) is 13.2. The molecule has 0 saturated carbocycles. The Morgan fingerprint density at radius 1 is 1.17 bits per heavy atom. The molecule has 18 heavy (non-hydrogen) atoms. The van der Waals surface area contributed by atoms with Crippen LogP contribution in [0.1, 0.15) is 31.9 Å². The van der Waals surface area contributed by atoms with Gasteiger partial charge in [0.05, 0.1) is 0 Å². The molecule has 2 heterocycles. The number of thiophene rings is 1. The van der Waals surface area contributed by atoms with Crippen LogP contribution in [0.25, 0.3) is 11.4 Å². The van der Waals surface area contributed by atoms with E-state index in [-0.39, 0.29) is 5.54 Å². The minimum absolute atomic E-state index is 0.114. The van der Waals surface area contributed by atoms with Gasteiger partial charge in [-0.25, -0.2) is 9.97 Å². The van der Waals surface area contributed by atoms with Crippen LogP contribution in [0.4, 0.5) is 0 Å². The Kier molecular flexibility index (Phi) is 3.78. The zero-order valence-corrected chi connectivity index (χ0v) is 12.1. The lowest BCUT2D eigenvalue weighted by atomic mass is 10.1. The Morgan fingerprint density at radius 2 is 1.83 bits per heavy atom. The van der Waals surface area contributed by atoms with Crippen molar-refractivity contribution in [2.24, 2.45) is 0 Å². The summed E-state index contributed by atoms with van der Waals surface area (Å²) in [6.07, 6.45) is 3.80. The molecule has 0 aromatic carbocycles. The maximum Gasteiger partial charge on any atom is 0.160 e. The molecule has 2 rings (SSSR count). The zero-order chi connectivity index (χ0) is 13.2. The fourth-order valence-corrected chi connectivity index (χ4v) is 2.37. The van der Waals surface area contributed by atoms with Crippen molar-refractivity contribution in [1.29, 1.82) is 0 Å². The minimum Gasteiger partial charge on any atom is -0.308 e. The molecule has 1 N–H and O–H groups in total. The van der Waals surface area contributed by atoms with Gasteiger partial charge in [-0.05, 0) is 38.6 Å². The average molecular weight is 261 g/mol. The number of hydrogen-bond acceptors (Lipinski definition) is 4. The number of hydrogen-bond donors (Lipinski definition) is 1. The van der Waals surface area contributed by atoms with Gasteiger partial charge in [-0.1, -0.05) is 0 Å². The standard InChI is InChI=1S/C14H19N3S/c1-10-8-18-9-12(10)13-15-5-11(6-16-13)7-17-14(2,3)4/h5-6,8-9,17H,7H2,1-4H3. The van der Waals surface area contributed by atoms with Gasteiger partial charge in [0.1, 0.15) is 0 Å². The summed E-state index contributed by atoms with van der Waals surface area (Å²) in [5, 5.41) is 7.64. The van der Waals surface area contributed by atoms with E-state index in [0.717, 1.165) is 23.5 Å². The van der Waals surface area contributed by atoms with E-state index in [4.69, 9.17) is 0 Å². The number of nitrogens with zero attached hydrogens (tertiary/aromatic N) is 2. The number of aryl methyl sites for hydroxylation is 1. The highest BCUT2D eigenvalue weighted by atomic mass is 32.1. The number of nitrogens with one attached hydrogen (secondary N) is 1. The van der Waals surface area contributed by atoms with Crippen LogP contribution < -0.4 is 5.32 Å². The summed E-state index contributed by atoms with van der Waals surface area (Å²) in [6.45, 7) is 9.33. The van der Waals surface area contributed by atoms with E-state index in [1.54, 1.807) is 11.3 Å². The van der Waals surface area contributed by atoms with Crippen LogP contribution in [0.15, 0.2) is 23.2 Å². The smallest absolute Gasteiger partial charge is 0.160 e. The fourth-order valence-electron chi connectivity index (χ4n) is 1.54. The van der Waals surface area contributed by atoms with Gasteiger partial charge in [0, 0.05) is 41.0 Å². The molecule has 0 aliphatic heterocycles. The summed E-state index contributed by atoms with van der Waals surface area (Å²) in [7, 11) is 0. The second kappa shape index (κ2) is 5.16. The highest BCUT2D eigenvalue weighted by molar-refractivity contribution is 7.08. The Bertz CT molecular complexity index is 509. The van der Waals surface area contributed by atoms with Crippen LogP contribution in [0.3, 0.4) is 0 Å². The molecule has 0 atom stereocenters. The van der Waals surface area contributed by atoms with E-state index in [9.17, 15) is 0 Å². The summed E-state index contributed by atoms with van der Waals surface area (Å²) >= 11 is 1.69. The summed E-state index contributed by atoms with van der Waals surface area (Å²) < 4.78 is 0. The van der Waals surface area contributed by atoms with Crippen LogP contribution >= 0.6 is 11.3 Å². The molecule has 0 radical (unpaired) electrons. The summed E-state index contributed by atoms with van der Waals surface area (Å²) in [5.41, 5.74) is 3.60. The predicted octanol–water partition coefficient (Wildman–Crippen LogP) is 3.40. The summed E-state index contributed by atoms with van der Waals surface area (Å²) in [6, 6.07) is 0. The first-order chi connectivity index (χ1) is 8.46. The van der Waals surface area contributed by atoms with Crippen LogP contribution in [0.5, 0.6) is 0 Å². The van der Waals surface area contributed by atoms with E-state index < -0.39 is 0 Å². The van der Waals surface area contributed by atoms with Gasteiger partial charge in [0.25, 0.3) is 0 Å². The fraction of sp³-hybridized carbons (Fsp3) is 0.429. The molecule has 96 valence electrons. The van der Waals surface area contributed by atoms with Gasteiger partial charge < -0.3 is 5.32 Å². The Labute approximate surface area is 112 Å². The maximum atomic E-state index is 4.44. The molecule has 0 amide bonds.